The molecule has 54 heavy (non-hydrogen) atoms. The Bertz CT molecular complexity index is 1650. The van der Waals surface area contributed by atoms with Gasteiger partial charge in [-0.25, -0.2) is 14.8 Å². The number of nitrogens with one attached hydrogen (secondary N) is 1. The monoisotopic (exact) mass is 758 g/mol. The number of rotatable bonds is 7. The van der Waals surface area contributed by atoms with Crippen LogP contribution >= 0.6 is 0 Å². The molecular formula is C40H62N4O10. The van der Waals surface area contributed by atoms with Crippen LogP contribution in [0.25, 0.3) is 0 Å². The van der Waals surface area contributed by atoms with Crippen molar-refractivity contribution in [2.45, 2.75) is 156 Å². The first kappa shape index (κ1) is 39.8. The molecule has 1 aromatic rings. The van der Waals surface area contributed by atoms with Gasteiger partial charge in [0.2, 0.25) is 12.2 Å². The van der Waals surface area contributed by atoms with E-state index in [0.717, 1.165) is 68.9 Å². The molecule has 302 valence electrons. The highest BCUT2D eigenvalue weighted by molar-refractivity contribution is 5.87. The lowest BCUT2D eigenvalue weighted by atomic mass is 9.33. The number of fused-ring (bicyclic) bond motifs is 7. The fourth-order valence-corrected chi connectivity index (χ4v) is 12.8. The number of aliphatic hydroxyl groups excluding tert-OH is 4. The van der Waals surface area contributed by atoms with Crippen LogP contribution in [0.4, 0.5) is 0 Å². The lowest BCUT2D eigenvalue weighted by molar-refractivity contribution is -0.413. The van der Waals surface area contributed by atoms with E-state index >= 15 is 0 Å². The molecule has 13 atom stereocenters. The Morgan fingerprint density at radius 1 is 0.926 bits per heavy atom. The van der Waals surface area contributed by atoms with Crippen LogP contribution in [0.3, 0.4) is 0 Å². The summed E-state index contributed by atoms with van der Waals surface area (Å²) in [4.78, 5) is 31.5. The maximum Gasteiger partial charge on any atom is 0.325 e. The molecule has 2 heterocycles. The molecule has 5 aliphatic carbocycles. The van der Waals surface area contributed by atoms with Crippen LogP contribution in [0.15, 0.2) is 17.8 Å². The van der Waals surface area contributed by atoms with Crippen molar-refractivity contribution in [3.63, 3.8) is 0 Å². The van der Waals surface area contributed by atoms with E-state index in [9.17, 15) is 30.0 Å². The molecule has 1 amide bonds. The Labute approximate surface area is 317 Å². The fourth-order valence-electron chi connectivity index (χ4n) is 12.8. The van der Waals surface area contributed by atoms with E-state index in [2.05, 4.69) is 75.1 Å². The second kappa shape index (κ2) is 13.6. The summed E-state index contributed by atoms with van der Waals surface area (Å²) in [6.07, 6.45) is 5.03. The second-order valence-electron chi connectivity index (χ2n) is 19.8. The Morgan fingerprint density at radius 2 is 1.65 bits per heavy atom. The maximum atomic E-state index is 14.4. The molecule has 7 rings (SSSR count). The molecular weight excluding hydrogens is 696 g/mol. The van der Waals surface area contributed by atoms with Crippen molar-refractivity contribution in [2.75, 3.05) is 6.54 Å². The maximum absolute atomic E-state index is 14.4. The van der Waals surface area contributed by atoms with E-state index in [-0.39, 0.29) is 63.8 Å². The van der Waals surface area contributed by atoms with Crippen molar-refractivity contribution in [3.05, 3.63) is 23.5 Å². The molecule has 14 nitrogen and oxygen atoms in total. The van der Waals surface area contributed by atoms with Crippen molar-refractivity contribution in [1.29, 1.82) is 0 Å². The van der Waals surface area contributed by atoms with Gasteiger partial charge < -0.3 is 35.2 Å². The van der Waals surface area contributed by atoms with Gasteiger partial charge in [-0.3, -0.25) is 9.59 Å². The summed E-state index contributed by atoms with van der Waals surface area (Å²) < 4.78 is 11.8. The van der Waals surface area contributed by atoms with Gasteiger partial charge in [-0.2, -0.15) is 0 Å². The van der Waals surface area contributed by atoms with E-state index in [1.807, 2.05) is 0 Å². The molecule has 0 bridgehead atoms. The SMILES string of the molecule is CC1(C)CC[C@]2(C(=O)NCC(=O)OCc3cn(C4OC(OO)C(O)C(O)C4O)nn3)CC[C@]3(C)C(=CC[C@@H]4[C@@]5(C)CC[C@H](O)C(C)(C)[C@@H]5CC[C@]43C)[C@@H]2C1. The minimum Gasteiger partial charge on any atom is -0.458 e. The second-order valence-corrected chi connectivity index (χ2v) is 19.8. The van der Waals surface area contributed by atoms with Crippen molar-refractivity contribution < 1.29 is 49.6 Å². The third-order valence-corrected chi connectivity index (χ3v) is 16.3. The normalized spacial score (nSPS) is 45.1. The number of ether oxygens (including phenoxy) is 2. The van der Waals surface area contributed by atoms with E-state index in [1.165, 1.54) is 11.8 Å². The summed E-state index contributed by atoms with van der Waals surface area (Å²) in [5.74, 6) is 0.319. The summed E-state index contributed by atoms with van der Waals surface area (Å²) in [5, 5.41) is 61.2. The summed E-state index contributed by atoms with van der Waals surface area (Å²) in [5.41, 5.74) is 1.18. The van der Waals surface area contributed by atoms with Gasteiger partial charge in [-0.15, -0.1) is 5.10 Å². The number of carbonyl (C=O) groups excluding carboxylic acids is 2. The summed E-state index contributed by atoms with van der Waals surface area (Å²) in [6, 6.07) is 0. The zero-order valence-electron chi connectivity index (χ0n) is 33.0. The number of carbonyl (C=O) groups is 2. The van der Waals surface area contributed by atoms with Gasteiger partial charge in [0.25, 0.3) is 0 Å². The van der Waals surface area contributed by atoms with E-state index in [1.54, 1.807) is 0 Å². The van der Waals surface area contributed by atoms with Gasteiger partial charge in [-0.05, 0) is 109 Å². The topological polar surface area (TPSA) is 206 Å². The van der Waals surface area contributed by atoms with E-state index in [0.29, 0.717) is 11.8 Å². The third kappa shape index (κ3) is 5.99. The Balaban J connectivity index is 1.04. The summed E-state index contributed by atoms with van der Waals surface area (Å²) in [6.45, 7) is 16.1. The Kier molecular flexibility index (Phi) is 10.0. The molecule has 1 aliphatic heterocycles. The number of esters is 1. The van der Waals surface area contributed by atoms with Gasteiger partial charge in [0.15, 0.2) is 6.23 Å². The van der Waals surface area contributed by atoms with Gasteiger partial charge in [0.1, 0.15) is 37.2 Å². The Hall–Kier alpha value is -2.46. The first-order valence-corrected chi connectivity index (χ1v) is 20.0. The first-order valence-electron chi connectivity index (χ1n) is 20.0. The third-order valence-electron chi connectivity index (χ3n) is 16.3. The predicted octanol–water partition coefficient (Wildman–Crippen LogP) is 4.03. The summed E-state index contributed by atoms with van der Waals surface area (Å²) in [7, 11) is 0. The van der Waals surface area contributed by atoms with Gasteiger partial charge in [0, 0.05) is 0 Å². The number of aliphatic hydroxyl groups is 4. The number of nitrogens with zero attached hydrogens (tertiary/aromatic N) is 3. The number of allylic oxidation sites excluding steroid dienone is 2. The minimum absolute atomic E-state index is 0.0506. The Morgan fingerprint density at radius 3 is 2.37 bits per heavy atom. The van der Waals surface area contributed by atoms with Gasteiger partial charge in [-0.1, -0.05) is 65.3 Å². The average Bonchev–Trinajstić information content (AvgIpc) is 3.59. The fraction of sp³-hybridized carbons (Fsp3) is 0.850. The highest BCUT2D eigenvalue weighted by atomic mass is 17.1. The molecule has 6 aliphatic rings. The van der Waals surface area contributed by atoms with E-state index < -0.39 is 42.2 Å². The van der Waals surface area contributed by atoms with Crippen molar-refractivity contribution in [1.82, 2.24) is 20.3 Å². The standard InChI is InChI=1S/C40H62N4O10/c1-35(2)14-16-40(34(50)41-19-28(46)52-21-22-20-44(43-42-22)32-30(48)29(47)31(49)33(53-32)54-51)17-15-38(6)23(24(40)18-35)8-9-26-37(5)12-11-27(45)36(3,4)25(37)10-13-39(26,38)7/h8,20,24-27,29-33,45,47-49,51H,9-19,21H2,1-7H3,(H,41,50)/t24-,25-,26+,27-,29?,30?,31?,32?,33?,37-,38+,39+,40-/m0/s1. The average molecular weight is 759 g/mol. The first-order chi connectivity index (χ1) is 25.2. The number of hydrogen-bond acceptors (Lipinski definition) is 12. The molecule has 1 saturated heterocycles. The van der Waals surface area contributed by atoms with Crippen LogP contribution < -0.4 is 5.32 Å². The zero-order valence-corrected chi connectivity index (χ0v) is 33.0. The van der Waals surface area contributed by atoms with Gasteiger partial charge in [0.05, 0.1) is 17.7 Å². The molecule has 6 N–H and O–H groups in total. The number of hydrogen-bond donors (Lipinski definition) is 6. The lowest BCUT2D eigenvalue weighted by Gasteiger charge is -2.71. The highest BCUT2D eigenvalue weighted by Gasteiger charge is 2.69. The van der Waals surface area contributed by atoms with Crippen LogP contribution in [0.2, 0.25) is 0 Å². The quantitative estimate of drug-likeness (QED) is 0.101. The molecule has 0 spiro atoms. The predicted molar refractivity (Wildman–Crippen MR) is 194 cm³/mol. The molecule has 0 radical (unpaired) electrons. The number of aromatic nitrogens is 3. The van der Waals surface area contributed by atoms with E-state index in [4.69, 9.17) is 14.7 Å². The van der Waals surface area contributed by atoms with Crippen LogP contribution in [0, 0.1) is 50.2 Å². The van der Waals surface area contributed by atoms with Crippen LogP contribution in [-0.4, -0.2) is 89.8 Å². The zero-order chi connectivity index (χ0) is 39.2. The smallest absolute Gasteiger partial charge is 0.325 e. The van der Waals surface area contributed by atoms with Crippen molar-refractivity contribution >= 4 is 11.9 Å². The van der Waals surface area contributed by atoms with Crippen molar-refractivity contribution in [3.8, 4) is 0 Å². The van der Waals surface area contributed by atoms with Crippen molar-refractivity contribution in [2.24, 2.45) is 50.2 Å². The molecule has 14 heteroatoms. The molecule has 1 aromatic heterocycles. The molecule has 5 unspecified atom stereocenters. The molecule has 5 fully saturated rings. The number of amides is 1. The van der Waals surface area contributed by atoms with Crippen LogP contribution in [0.1, 0.15) is 125 Å². The summed E-state index contributed by atoms with van der Waals surface area (Å²) >= 11 is 0. The lowest BCUT2D eigenvalue weighted by Crippen LogP contribution is -2.65. The largest absolute Gasteiger partial charge is 0.458 e. The molecule has 4 saturated carbocycles. The molecule has 0 aromatic carbocycles. The van der Waals surface area contributed by atoms with Crippen LogP contribution in [0.5, 0.6) is 0 Å². The minimum atomic E-state index is -1.70. The van der Waals surface area contributed by atoms with Crippen LogP contribution in [-0.2, 0) is 30.6 Å². The van der Waals surface area contributed by atoms with Gasteiger partial charge >= 0.3 is 5.97 Å². The highest BCUT2D eigenvalue weighted by Crippen LogP contribution is 2.75.